The number of ketones is 1. The summed E-state index contributed by atoms with van der Waals surface area (Å²) in [7, 11) is 0. The second-order valence-corrected chi connectivity index (χ2v) is 10.8. The number of ether oxygens (including phenoxy) is 2. The molecule has 3 aliphatic rings. The summed E-state index contributed by atoms with van der Waals surface area (Å²) in [5.74, 6) is -1.58. The molecule has 3 heterocycles. The monoisotopic (exact) mass is 497 g/mol. The largest absolute Gasteiger partial charge is 0.464 e. The molecule has 2 atom stereocenters. The molecule has 1 aromatic carbocycles. The normalized spacial score (nSPS) is 23.9. The number of allylic oxidation sites excluding steroid dienone is 3. The zero-order chi connectivity index (χ0) is 24.9. The van der Waals surface area contributed by atoms with Crippen molar-refractivity contribution in [1.82, 2.24) is 5.32 Å². The van der Waals surface area contributed by atoms with Crippen LogP contribution in [0.3, 0.4) is 0 Å². The Bertz CT molecular complexity index is 1350. The lowest BCUT2D eigenvalue weighted by Crippen LogP contribution is -2.40. The Morgan fingerprint density at radius 1 is 1.26 bits per heavy atom. The summed E-state index contributed by atoms with van der Waals surface area (Å²) in [5, 5.41) is 3.97. The smallest absolute Gasteiger partial charge is 0.336 e. The summed E-state index contributed by atoms with van der Waals surface area (Å²) in [6.45, 7) is 6.60. The van der Waals surface area contributed by atoms with Gasteiger partial charge in [0.15, 0.2) is 11.2 Å². The molecule has 0 saturated carbocycles. The average molecular weight is 498 g/mol. The van der Waals surface area contributed by atoms with Crippen LogP contribution in [0.25, 0.3) is 11.0 Å². The Morgan fingerprint density at radius 2 is 2.06 bits per heavy atom. The van der Waals surface area contributed by atoms with Gasteiger partial charge in [-0.2, -0.15) is 0 Å². The Kier molecular flexibility index (Phi) is 6.09. The quantitative estimate of drug-likeness (QED) is 0.608. The molecule has 0 radical (unpaired) electrons. The van der Waals surface area contributed by atoms with E-state index in [9.17, 15) is 14.4 Å². The van der Waals surface area contributed by atoms with Gasteiger partial charge in [-0.15, -0.1) is 0 Å². The van der Waals surface area contributed by atoms with Crippen molar-refractivity contribution in [1.29, 1.82) is 0 Å². The highest BCUT2D eigenvalue weighted by Gasteiger charge is 2.44. The molecule has 1 fully saturated rings. The highest BCUT2D eigenvalue weighted by Crippen LogP contribution is 2.46. The maximum absolute atomic E-state index is 13.7. The van der Waals surface area contributed by atoms with Crippen LogP contribution in [0.4, 0.5) is 0 Å². The zero-order valence-electron chi connectivity index (χ0n) is 20.0. The number of hydrogen-bond acceptors (Lipinski definition) is 7. The Labute approximate surface area is 208 Å². The molecule has 0 spiro atoms. The number of benzene rings is 1. The number of halogens is 1. The van der Waals surface area contributed by atoms with Gasteiger partial charge in [0.25, 0.3) is 0 Å². The maximum Gasteiger partial charge on any atom is 0.336 e. The molecule has 2 aliphatic heterocycles. The lowest BCUT2D eigenvalue weighted by molar-refractivity contribution is -0.142. The van der Waals surface area contributed by atoms with Gasteiger partial charge in [-0.3, -0.25) is 9.59 Å². The molecule has 0 bridgehead atoms. The van der Waals surface area contributed by atoms with Crippen molar-refractivity contribution in [2.24, 2.45) is 5.41 Å². The van der Waals surface area contributed by atoms with Crippen molar-refractivity contribution in [2.45, 2.75) is 58.5 Å². The summed E-state index contributed by atoms with van der Waals surface area (Å²) in [4.78, 5) is 40.5. The third-order valence-electron chi connectivity index (χ3n) is 6.96. The minimum Gasteiger partial charge on any atom is -0.464 e. The zero-order valence-corrected chi connectivity index (χ0v) is 20.8. The average Bonchev–Trinajstić information content (AvgIpc) is 3.30. The van der Waals surface area contributed by atoms with Crippen LogP contribution in [0.15, 0.2) is 56.2 Å². The van der Waals surface area contributed by atoms with E-state index in [0.29, 0.717) is 46.7 Å². The summed E-state index contributed by atoms with van der Waals surface area (Å²) in [5.41, 5.74) is 1.97. The predicted molar refractivity (Wildman–Crippen MR) is 131 cm³/mol. The molecule has 184 valence electrons. The van der Waals surface area contributed by atoms with Crippen LogP contribution >= 0.6 is 11.6 Å². The van der Waals surface area contributed by atoms with Crippen LogP contribution in [-0.4, -0.2) is 31.1 Å². The predicted octanol–water partition coefficient (Wildman–Crippen LogP) is 4.77. The van der Waals surface area contributed by atoms with Crippen molar-refractivity contribution in [3.8, 4) is 0 Å². The Morgan fingerprint density at radius 3 is 2.80 bits per heavy atom. The fourth-order valence-electron chi connectivity index (χ4n) is 5.36. The van der Waals surface area contributed by atoms with Crippen LogP contribution < -0.4 is 10.7 Å². The summed E-state index contributed by atoms with van der Waals surface area (Å²) in [6.07, 6.45) is 3.89. The first-order valence-corrected chi connectivity index (χ1v) is 12.3. The molecule has 1 N–H and O–H groups in total. The van der Waals surface area contributed by atoms with Gasteiger partial charge in [0.1, 0.15) is 12.2 Å². The number of nitrogens with one attached hydrogen (secondary N) is 1. The number of fused-ring (bicyclic) bond motifs is 1. The Hall–Kier alpha value is -2.90. The van der Waals surface area contributed by atoms with Crippen LogP contribution in [0.1, 0.15) is 57.9 Å². The van der Waals surface area contributed by atoms with Crippen molar-refractivity contribution in [3.63, 3.8) is 0 Å². The third kappa shape index (κ3) is 4.43. The van der Waals surface area contributed by atoms with E-state index in [-0.39, 0.29) is 40.5 Å². The summed E-state index contributed by atoms with van der Waals surface area (Å²) >= 11 is 6.15. The van der Waals surface area contributed by atoms with E-state index in [0.717, 1.165) is 18.5 Å². The number of carbonyl (C=O) groups excluding carboxylic acids is 2. The van der Waals surface area contributed by atoms with Gasteiger partial charge in [0, 0.05) is 40.6 Å². The summed E-state index contributed by atoms with van der Waals surface area (Å²) < 4.78 is 17.0. The van der Waals surface area contributed by atoms with E-state index in [1.165, 1.54) is 6.26 Å². The minimum atomic E-state index is -0.897. The Balaban J connectivity index is 1.63. The molecule has 1 aliphatic carbocycles. The molecule has 0 amide bonds. The first-order chi connectivity index (χ1) is 16.6. The molecule has 1 saturated heterocycles. The van der Waals surface area contributed by atoms with Crippen LogP contribution in [0.5, 0.6) is 0 Å². The number of Topliss-reactive ketones (excluding diaryl/α,β-unsaturated/α-hetero) is 1. The van der Waals surface area contributed by atoms with E-state index in [1.807, 2.05) is 13.8 Å². The number of hydrogen-bond donors (Lipinski definition) is 1. The van der Waals surface area contributed by atoms with Crippen molar-refractivity contribution in [3.05, 3.63) is 67.8 Å². The molecular formula is C27H28ClNO6. The van der Waals surface area contributed by atoms with Gasteiger partial charge in [0.05, 0.1) is 29.2 Å². The SMILES string of the molecule is CC1=C(C(=O)OC[C@H]2CCCO2)[C@@H](c2coc3ccc(Cl)cc3c2=O)C2=C(CC(C)(C)CC2=O)N1. The van der Waals surface area contributed by atoms with E-state index in [2.05, 4.69) is 5.32 Å². The van der Waals surface area contributed by atoms with Crippen molar-refractivity contribution in [2.75, 3.05) is 13.2 Å². The second kappa shape index (κ2) is 8.95. The first kappa shape index (κ1) is 23.8. The molecule has 8 heteroatoms. The fourth-order valence-corrected chi connectivity index (χ4v) is 5.53. The molecule has 5 rings (SSSR count). The van der Waals surface area contributed by atoms with E-state index < -0.39 is 11.9 Å². The highest BCUT2D eigenvalue weighted by atomic mass is 35.5. The number of carbonyl (C=O) groups is 2. The third-order valence-corrected chi connectivity index (χ3v) is 7.19. The van der Waals surface area contributed by atoms with E-state index in [1.54, 1.807) is 25.1 Å². The molecule has 1 aromatic heterocycles. The topological polar surface area (TPSA) is 94.8 Å². The molecule has 35 heavy (non-hydrogen) atoms. The maximum atomic E-state index is 13.7. The second-order valence-electron chi connectivity index (χ2n) is 10.3. The lowest BCUT2D eigenvalue weighted by atomic mass is 9.68. The van der Waals surface area contributed by atoms with Gasteiger partial charge in [0.2, 0.25) is 0 Å². The van der Waals surface area contributed by atoms with E-state index in [4.69, 9.17) is 25.5 Å². The standard InChI is InChI=1S/C27H28ClNO6/c1-14-22(26(32)35-12-16-5-4-8-33-16)23(24-19(29-14)10-27(2,3)11-20(24)30)18-13-34-21-7-6-15(28)9-17(21)25(18)31/h6-7,9,13,16,23,29H,4-5,8,10-12H2,1-3H3/t16-,23-/m1/s1. The fraction of sp³-hybridized carbons (Fsp3) is 0.444. The summed E-state index contributed by atoms with van der Waals surface area (Å²) in [6, 6.07) is 4.81. The van der Waals surface area contributed by atoms with Crippen molar-refractivity contribution >= 4 is 34.3 Å². The van der Waals surface area contributed by atoms with Gasteiger partial charge >= 0.3 is 5.97 Å². The lowest BCUT2D eigenvalue weighted by Gasteiger charge is -2.39. The molecule has 2 aromatic rings. The molecular weight excluding hydrogens is 470 g/mol. The number of dihydropyridines is 1. The number of esters is 1. The van der Waals surface area contributed by atoms with Gasteiger partial charge in [-0.1, -0.05) is 25.4 Å². The highest BCUT2D eigenvalue weighted by molar-refractivity contribution is 6.31. The molecule has 0 unspecified atom stereocenters. The van der Waals surface area contributed by atoms with Crippen LogP contribution in [0.2, 0.25) is 5.02 Å². The van der Waals surface area contributed by atoms with Gasteiger partial charge < -0.3 is 19.2 Å². The van der Waals surface area contributed by atoms with Crippen LogP contribution in [0, 0.1) is 5.41 Å². The first-order valence-electron chi connectivity index (χ1n) is 11.9. The van der Waals surface area contributed by atoms with Gasteiger partial charge in [-0.25, -0.2) is 4.79 Å². The van der Waals surface area contributed by atoms with Crippen LogP contribution in [-0.2, 0) is 19.1 Å². The molecule has 7 nitrogen and oxygen atoms in total. The van der Waals surface area contributed by atoms with Gasteiger partial charge in [-0.05, 0) is 49.8 Å². The van der Waals surface area contributed by atoms with Crippen molar-refractivity contribution < 1.29 is 23.5 Å². The minimum absolute atomic E-state index is 0.101. The number of rotatable bonds is 4. The van der Waals surface area contributed by atoms with E-state index >= 15 is 0 Å².